The Balaban J connectivity index is 4.29. The summed E-state index contributed by atoms with van der Waals surface area (Å²) in [5.74, 6) is -0.0824. The van der Waals surface area contributed by atoms with Gasteiger partial charge in [0.05, 0.1) is 0 Å². The fourth-order valence-corrected chi connectivity index (χ4v) is 6.63. The molecule has 51 heavy (non-hydrogen) atoms. The van der Waals surface area contributed by atoms with Crippen molar-refractivity contribution < 1.29 is 28.6 Å². The Morgan fingerprint density at radius 3 is 0.961 bits per heavy atom. The molecule has 0 radical (unpaired) electrons. The van der Waals surface area contributed by atoms with Crippen molar-refractivity contribution in [3.05, 3.63) is 0 Å². The number of carbonyl (C=O) groups excluding carboxylic acids is 3. The standard InChI is InChI=1S/C45H86O6/c1-5-7-9-11-13-15-16-17-18-19-21-25-29-33-37-44(47)50-40-42(39-49-43(46)36-32-28-24-20-14-12-10-8-6-2)51-45(48)38-34-30-26-22-23-27-31-35-41(3)4/h41-42H,5-40H2,1-4H3/t42-/m0/s1. The summed E-state index contributed by atoms with van der Waals surface area (Å²) in [6, 6.07) is 0. The Morgan fingerprint density at radius 2 is 0.647 bits per heavy atom. The zero-order valence-corrected chi connectivity index (χ0v) is 34.6. The van der Waals surface area contributed by atoms with Crippen LogP contribution in [-0.2, 0) is 28.6 Å². The van der Waals surface area contributed by atoms with Crippen LogP contribution in [-0.4, -0.2) is 37.2 Å². The Labute approximate surface area is 317 Å². The molecule has 0 fully saturated rings. The molecular formula is C45H86O6. The van der Waals surface area contributed by atoms with Crippen LogP contribution in [0.3, 0.4) is 0 Å². The first kappa shape index (κ1) is 49.4. The van der Waals surface area contributed by atoms with Gasteiger partial charge in [-0.05, 0) is 25.2 Å². The molecule has 0 saturated carbocycles. The molecule has 1 atom stereocenters. The van der Waals surface area contributed by atoms with Crippen LogP contribution in [0, 0.1) is 5.92 Å². The highest BCUT2D eigenvalue weighted by Crippen LogP contribution is 2.16. The van der Waals surface area contributed by atoms with Gasteiger partial charge in [0.2, 0.25) is 0 Å². The first-order valence-electron chi connectivity index (χ1n) is 22.4. The molecule has 0 aromatic carbocycles. The average molecular weight is 723 g/mol. The molecule has 0 heterocycles. The van der Waals surface area contributed by atoms with Gasteiger partial charge >= 0.3 is 17.9 Å². The maximum atomic E-state index is 12.7. The molecule has 0 unspecified atom stereocenters. The number of esters is 3. The number of hydrogen-bond acceptors (Lipinski definition) is 6. The Kier molecular flexibility index (Phi) is 38.4. The van der Waals surface area contributed by atoms with Crippen LogP contribution >= 0.6 is 0 Å². The van der Waals surface area contributed by atoms with Gasteiger partial charge < -0.3 is 14.2 Å². The fourth-order valence-electron chi connectivity index (χ4n) is 6.63. The van der Waals surface area contributed by atoms with Crippen molar-refractivity contribution in [3.8, 4) is 0 Å². The maximum Gasteiger partial charge on any atom is 0.306 e. The SMILES string of the molecule is CCCCCCCCCCCCCCCCC(=O)OC[C@H](COC(=O)CCCCCCCCCCC)OC(=O)CCCCCCCCCC(C)C. The van der Waals surface area contributed by atoms with Crippen LogP contribution in [0.25, 0.3) is 0 Å². The van der Waals surface area contributed by atoms with E-state index in [4.69, 9.17) is 14.2 Å². The lowest BCUT2D eigenvalue weighted by Gasteiger charge is -2.18. The van der Waals surface area contributed by atoms with Crippen molar-refractivity contribution in [2.45, 2.75) is 252 Å². The summed E-state index contributed by atoms with van der Waals surface area (Å²) in [7, 11) is 0. The topological polar surface area (TPSA) is 78.9 Å². The van der Waals surface area contributed by atoms with Crippen LogP contribution < -0.4 is 0 Å². The van der Waals surface area contributed by atoms with Crippen LogP contribution in [0.4, 0.5) is 0 Å². The van der Waals surface area contributed by atoms with E-state index >= 15 is 0 Å². The molecule has 0 aromatic rings. The summed E-state index contributed by atoms with van der Waals surface area (Å²) < 4.78 is 16.7. The first-order chi connectivity index (χ1) is 24.9. The lowest BCUT2D eigenvalue weighted by atomic mass is 10.0. The third kappa shape index (κ3) is 39.5. The van der Waals surface area contributed by atoms with E-state index in [9.17, 15) is 14.4 Å². The summed E-state index contributed by atoms with van der Waals surface area (Å²) in [4.78, 5) is 37.6. The molecule has 0 amide bonds. The van der Waals surface area contributed by atoms with Gasteiger partial charge in [-0.1, -0.05) is 207 Å². The van der Waals surface area contributed by atoms with Crippen molar-refractivity contribution in [2.24, 2.45) is 5.92 Å². The molecule has 0 N–H and O–H groups in total. The van der Waals surface area contributed by atoms with Crippen molar-refractivity contribution in [2.75, 3.05) is 13.2 Å². The van der Waals surface area contributed by atoms with E-state index < -0.39 is 6.10 Å². The Bertz CT molecular complexity index is 766. The number of hydrogen-bond donors (Lipinski definition) is 0. The van der Waals surface area contributed by atoms with E-state index in [1.54, 1.807) is 0 Å². The minimum atomic E-state index is -0.759. The number of rotatable bonds is 40. The lowest BCUT2D eigenvalue weighted by Crippen LogP contribution is -2.30. The molecule has 302 valence electrons. The zero-order valence-electron chi connectivity index (χ0n) is 34.6. The second kappa shape index (κ2) is 39.6. The number of unbranched alkanes of at least 4 members (excludes halogenated alkanes) is 27. The molecule has 0 aliphatic heterocycles. The number of ether oxygens (including phenoxy) is 3. The monoisotopic (exact) mass is 723 g/mol. The third-order valence-electron chi connectivity index (χ3n) is 10.0. The van der Waals surface area contributed by atoms with Gasteiger partial charge in [-0.2, -0.15) is 0 Å². The predicted molar refractivity (Wildman–Crippen MR) is 215 cm³/mol. The Hall–Kier alpha value is -1.59. The second-order valence-corrected chi connectivity index (χ2v) is 15.8. The van der Waals surface area contributed by atoms with Crippen LogP contribution in [0.5, 0.6) is 0 Å². The van der Waals surface area contributed by atoms with Gasteiger partial charge in [0.1, 0.15) is 13.2 Å². The van der Waals surface area contributed by atoms with Gasteiger partial charge in [0.15, 0.2) is 6.10 Å². The maximum absolute atomic E-state index is 12.7. The summed E-state index contributed by atoms with van der Waals surface area (Å²) in [6.45, 7) is 8.92. The van der Waals surface area contributed by atoms with Gasteiger partial charge in [-0.15, -0.1) is 0 Å². The van der Waals surface area contributed by atoms with E-state index in [2.05, 4.69) is 27.7 Å². The zero-order chi connectivity index (χ0) is 37.5. The van der Waals surface area contributed by atoms with E-state index in [1.807, 2.05) is 0 Å². The largest absolute Gasteiger partial charge is 0.462 e. The molecule has 6 heteroatoms. The highest BCUT2D eigenvalue weighted by Gasteiger charge is 2.19. The van der Waals surface area contributed by atoms with Gasteiger partial charge in [0, 0.05) is 19.3 Å². The molecule has 0 saturated heterocycles. The lowest BCUT2D eigenvalue weighted by molar-refractivity contribution is -0.167. The fraction of sp³-hybridized carbons (Fsp3) is 0.933. The summed E-state index contributed by atoms with van der Waals surface area (Å²) in [6.07, 6.45) is 38.1. The van der Waals surface area contributed by atoms with E-state index in [-0.39, 0.29) is 31.1 Å². The van der Waals surface area contributed by atoms with E-state index in [1.165, 1.54) is 141 Å². The first-order valence-corrected chi connectivity index (χ1v) is 22.4. The van der Waals surface area contributed by atoms with Crippen molar-refractivity contribution in [1.82, 2.24) is 0 Å². The minimum absolute atomic E-state index is 0.0646. The molecule has 0 rings (SSSR count). The summed E-state index contributed by atoms with van der Waals surface area (Å²) in [5.41, 5.74) is 0. The molecule has 0 aliphatic rings. The van der Waals surface area contributed by atoms with Gasteiger partial charge in [0.25, 0.3) is 0 Å². The van der Waals surface area contributed by atoms with Gasteiger partial charge in [-0.3, -0.25) is 14.4 Å². The molecule has 0 aromatic heterocycles. The summed E-state index contributed by atoms with van der Waals surface area (Å²) in [5, 5.41) is 0. The average Bonchev–Trinajstić information content (AvgIpc) is 3.11. The Morgan fingerprint density at radius 1 is 0.373 bits per heavy atom. The van der Waals surface area contributed by atoms with Crippen molar-refractivity contribution in [3.63, 3.8) is 0 Å². The smallest absolute Gasteiger partial charge is 0.306 e. The highest BCUT2D eigenvalue weighted by molar-refractivity contribution is 5.71. The van der Waals surface area contributed by atoms with E-state index in [0.29, 0.717) is 19.3 Å². The number of carbonyl (C=O) groups is 3. The second-order valence-electron chi connectivity index (χ2n) is 15.8. The molecular weight excluding hydrogens is 636 g/mol. The highest BCUT2D eigenvalue weighted by atomic mass is 16.6. The predicted octanol–water partition coefficient (Wildman–Crippen LogP) is 13.9. The van der Waals surface area contributed by atoms with E-state index in [0.717, 1.165) is 63.7 Å². The quantitative estimate of drug-likeness (QED) is 0.0356. The van der Waals surface area contributed by atoms with Crippen LogP contribution in [0.1, 0.15) is 246 Å². The molecule has 0 spiro atoms. The minimum Gasteiger partial charge on any atom is -0.462 e. The molecule has 0 bridgehead atoms. The van der Waals surface area contributed by atoms with Crippen molar-refractivity contribution in [1.29, 1.82) is 0 Å². The van der Waals surface area contributed by atoms with Gasteiger partial charge in [-0.25, -0.2) is 0 Å². The van der Waals surface area contributed by atoms with Crippen LogP contribution in [0.2, 0.25) is 0 Å². The molecule has 6 nitrogen and oxygen atoms in total. The molecule has 0 aliphatic carbocycles. The third-order valence-corrected chi connectivity index (χ3v) is 10.0. The van der Waals surface area contributed by atoms with Crippen molar-refractivity contribution >= 4 is 17.9 Å². The summed E-state index contributed by atoms with van der Waals surface area (Å²) >= 11 is 0. The van der Waals surface area contributed by atoms with Crippen LogP contribution in [0.15, 0.2) is 0 Å². The normalized spacial score (nSPS) is 11.9.